The molecule has 0 unspecified atom stereocenters. The summed E-state index contributed by atoms with van der Waals surface area (Å²) in [4.78, 5) is 14.6. The van der Waals surface area contributed by atoms with Crippen molar-refractivity contribution in [3.8, 4) is 67.5 Å². The Labute approximate surface area is 291 Å². The Bertz CT molecular complexity index is 2540. The molecule has 3 heteroatoms. The molecule has 0 N–H and O–H groups in total. The molecule has 1 aromatic heterocycles. The van der Waals surface area contributed by atoms with Crippen molar-refractivity contribution < 1.29 is 0 Å². The standard InChI is InChI=1S/C47H31N3/c1-4-14-34(15-5-1)43-41-22-12-10-20-39(41)40-21-11-13-23-42(40)44(43)35-28-24-32(25-29-35)33-26-30-38(31-27-33)47-49-45(36-16-6-2-7-17-36)48-46(50-47)37-18-8-3-9-19-37/h1-31H. The lowest BCUT2D eigenvalue weighted by molar-refractivity contribution is 1.07. The van der Waals surface area contributed by atoms with Crippen LogP contribution in [0.25, 0.3) is 89.1 Å². The van der Waals surface area contributed by atoms with E-state index in [1.54, 1.807) is 0 Å². The van der Waals surface area contributed by atoms with E-state index in [4.69, 9.17) is 15.0 Å². The number of nitrogens with zero attached hydrogens (tertiary/aromatic N) is 3. The zero-order chi connectivity index (χ0) is 33.3. The van der Waals surface area contributed by atoms with Crippen molar-refractivity contribution in [1.29, 1.82) is 0 Å². The zero-order valence-electron chi connectivity index (χ0n) is 27.2. The maximum atomic E-state index is 4.90. The Morgan fingerprint density at radius 2 is 0.460 bits per heavy atom. The van der Waals surface area contributed by atoms with Crippen LogP contribution in [0, 0.1) is 0 Å². The molecule has 0 bridgehead atoms. The van der Waals surface area contributed by atoms with Crippen LogP contribution in [0.3, 0.4) is 0 Å². The molecule has 3 nitrogen and oxygen atoms in total. The molecule has 0 fully saturated rings. The lowest BCUT2D eigenvalue weighted by atomic mass is 9.85. The minimum Gasteiger partial charge on any atom is -0.208 e. The van der Waals surface area contributed by atoms with Crippen LogP contribution in [0.2, 0.25) is 0 Å². The maximum Gasteiger partial charge on any atom is 0.164 e. The Morgan fingerprint density at radius 3 is 0.860 bits per heavy atom. The van der Waals surface area contributed by atoms with Gasteiger partial charge < -0.3 is 0 Å². The van der Waals surface area contributed by atoms with Crippen molar-refractivity contribution in [1.82, 2.24) is 15.0 Å². The minimum absolute atomic E-state index is 0.649. The quantitative estimate of drug-likeness (QED) is 0.170. The summed E-state index contributed by atoms with van der Waals surface area (Å²) >= 11 is 0. The zero-order valence-corrected chi connectivity index (χ0v) is 27.2. The van der Waals surface area contributed by atoms with Gasteiger partial charge in [0.2, 0.25) is 0 Å². The first-order valence-corrected chi connectivity index (χ1v) is 16.9. The van der Waals surface area contributed by atoms with E-state index in [2.05, 4.69) is 127 Å². The third-order valence-electron chi connectivity index (χ3n) is 9.34. The first-order valence-electron chi connectivity index (χ1n) is 16.9. The SMILES string of the molecule is c1ccc(-c2nc(-c3ccccc3)nc(-c3ccc(-c4ccc(-c5c(-c6ccccc6)c6ccccc6c6ccccc56)cc4)cc3)n2)cc1. The van der Waals surface area contributed by atoms with Crippen LogP contribution < -0.4 is 0 Å². The van der Waals surface area contributed by atoms with Gasteiger partial charge in [-0.25, -0.2) is 15.0 Å². The topological polar surface area (TPSA) is 38.7 Å². The molecule has 0 atom stereocenters. The van der Waals surface area contributed by atoms with Gasteiger partial charge in [-0.05, 0) is 54.9 Å². The number of fused-ring (bicyclic) bond motifs is 3. The van der Waals surface area contributed by atoms with Crippen molar-refractivity contribution in [2.45, 2.75) is 0 Å². The van der Waals surface area contributed by atoms with Crippen LogP contribution >= 0.6 is 0 Å². The van der Waals surface area contributed by atoms with E-state index in [9.17, 15) is 0 Å². The highest BCUT2D eigenvalue weighted by molar-refractivity contribution is 6.21. The molecule has 0 saturated carbocycles. The molecule has 0 amide bonds. The molecule has 1 heterocycles. The Kier molecular flexibility index (Phi) is 7.49. The van der Waals surface area contributed by atoms with Gasteiger partial charge >= 0.3 is 0 Å². The number of aromatic nitrogens is 3. The van der Waals surface area contributed by atoms with Crippen LogP contribution in [0.15, 0.2) is 188 Å². The second-order valence-electron chi connectivity index (χ2n) is 12.4. The van der Waals surface area contributed by atoms with E-state index in [1.165, 1.54) is 43.8 Å². The molecule has 0 aliphatic carbocycles. The molecule has 0 radical (unpaired) electrons. The minimum atomic E-state index is 0.649. The van der Waals surface area contributed by atoms with Gasteiger partial charge in [0.25, 0.3) is 0 Å². The molecule has 234 valence electrons. The number of hydrogen-bond donors (Lipinski definition) is 0. The van der Waals surface area contributed by atoms with Crippen molar-refractivity contribution >= 4 is 21.5 Å². The fourth-order valence-electron chi connectivity index (χ4n) is 6.92. The van der Waals surface area contributed by atoms with E-state index in [1.807, 2.05) is 60.7 Å². The normalized spacial score (nSPS) is 11.2. The summed E-state index contributed by atoms with van der Waals surface area (Å²) in [6.45, 7) is 0. The average molecular weight is 638 g/mol. The van der Waals surface area contributed by atoms with Crippen LogP contribution in [0.1, 0.15) is 0 Å². The molecule has 0 aliphatic heterocycles. The fraction of sp³-hybridized carbons (Fsp3) is 0. The Hall–Kier alpha value is -6.71. The molecule has 50 heavy (non-hydrogen) atoms. The van der Waals surface area contributed by atoms with Gasteiger partial charge in [0.1, 0.15) is 0 Å². The summed E-state index contributed by atoms with van der Waals surface area (Å²) in [6, 6.07) is 65.9. The van der Waals surface area contributed by atoms with Gasteiger partial charge in [-0.15, -0.1) is 0 Å². The van der Waals surface area contributed by atoms with Crippen LogP contribution in [0.4, 0.5) is 0 Å². The highest BCUT2D eigenvalue weighted by Gasteiger charge is 2.18. The first-order chi connectivity index (χ1) is 24.8. The molecular weight excluding hydrogens is 607 g/mol. The summed E-state index contributed by atoms with van der Waals surface area (Å²) in [7, 11) is 0. The van der Waals surface area contributed by atoms with Crippen LogP contribution in [-0.4, -0.2) is 15.0 Å². The first kappa shape index (κ1) is 29.4. The van der Waals surface area contributed by atoms with Gasteiger partial charge in [0, 0.05) is 16.7 Å². The van der Waals surface area contributed by atoms with Crippen LogP contribution in [-0.2, 0) is 0 Å². The molecule has 0 saturated heterocycles. The van der Waals surface area contributed by atoms with E-state index >= 15 is 0 Å². The smallest absolute Gasteiger partial charge is 0.164 e. The van der Waals surface area contributed by atoms with Gasteiger partial charge in [-0.2, -0.15) is 0 Å². The lowest BCUT2D eigenvalue weighted by Crippen LogP contribution is -2.00. The highest BCUT2D eigenvalue weighted by atomic mass is 15.0. The average Bonchev–Trinajstić information content (AvgIpc) is 3.21. The summed E-state index contributed by atoms with van der Waals surface area (Å²) < 4.78 is 0. The highest BCUT2D eigenvalue weighted by Crippen LogP contribution is 2.44. The van der Waals surface area contributed by atoms with Gasteiger partial charge in [0.15, 0.2) is 17.5 Å². The lowest BCUT2D eigenvalue weighted by Gasteiger charge is -2.18. The number of benzene rings is 8. The largest absolute Gasteiger partial charge is 0.208 e. The molecule has 8 aromatic carbocycles. The van der Waals surface area contributed by atoms with Crippen molar-refractivity contribution in [2.75, 3.05) is 0 Å². The third-order valence-corrected chi connectivity index (χ3v) is 9.34. The van der Waals surface area contributed by atoms with Crippen LogP contribution in [0.5, 0.6) is 0 Å². The van der Waals surface area contributed by atoms with E-state index in [0.29, 0.717) is 17.5 Å². The predicted octanol–water partition coefficient (Wildman–Crippen LogP) is 12.2. The second kappa shape index (κ2) is 12.7. The summed E-state index contributed by atoms with van der Waals surface area (Å²) in [6.07, 6.45) is 0. The van der Waals surface area contributed by atoms with E-state index in [0.717, 1.165) is 27.8 Å². The second-order valence-corrected chi connectivity index (χ2v) is 12.4. The van der Waals surface area contributed by atoms with E-state index in [-0.39, 0.29) is 0 Å². The molecule has 0 spiro atoms. The summed E-state index contributed by atoms with van der Waals surface area (Å²) in [5, 5.41) is 5.05. The third kappa shape index (κ3) is 5.41. The van der Waals surface area contributed by atoms with Crippen molar-refractivity contribution in [3.05, 3.63) is 188 Å². The Balaban J connectivity index is 1.11. The Morgan fingerprint density at radius 1 is 0.200 bits per heavy atom. The molecule has 9 rings (SSSR count). The summed E-state index contributed by atoms with van der Waals surface area (Å²) in [5.74, 6) is 1.96. The molecular formula is C47H31N3. The maximum absolute atomic E-state index is 4.90. The molecule has 9 aromatic rings. The number of hydrogen-bond acceptors (Lipinski definition) is 3. The van der Waals surface area contributed by atoms with Gasteiger partial charge in [0.05, 0.1) is 0 Å². The fourth-order valence-corrected chi connectivity index (χ4v) is 6.92. The van der Waals surface area contributed by atoms with Crippen molar-refractivity contribution in [2.24, 2.45) is 0 Å². The van der Waals surface area contributed by atoms with Crippen molar-refractivity contribution in [3.63, 3.8) is 0 Å². The monoisotopic (exact) mass is 637 g/mol. The van der Waals surface area contributed by atoms with Gasteiger partial charge in [-0.3, -0.25) is 0 Å². The van der Waals surface area contributed by atoms with Gasteiger partial charge in [-0.1, -0.05) is 188 Å². The number of rotatable bonds is 6. The van der Waals surface area contributed by atoms with E-state index < -0.39 is 0 Å². The predicted molar refractivity (Wildman–Crippen MR) is 207 cm³/mol. The summed E-state index contributed by atoms with van der Waals surface area (Å²) in [5.41, 5.74) is 10.1. The molecule has 0 aliphatic rings.